The Bertz CT molecular complexity index is 400. The van der Waals surface area contributed by atoms with Gasteiger partial charge in [0.25, 0.3) is 0 Å². The molecular formula is C17H28N2O. The van der Waals surface area contributed by atoms with Crippen molar-refractivity contribution in [1.29, 1.82) is 0 Å². The molecule has 0 radical (unpaired) electrons. The van der Waals surface area contributed by atoms with E-state index in [-0.39, 0.29) is 6.10 Å². The second-order valence-electron chi connectivity index (χ2n) is 5.63. The van der Waals surface area contributed by atoms with Gasteiger partial charge in [0, 0.05) is 24.8 Å². The highest BCUT2D eigenvalue weighted by atomic mass is 16.3. The molecule has 1 aliphatic rings. The smallest absolute Gasteiger partial charge is 0.0787 e. The van der Waals surface area contributed by atoms with Gasteiger partial charge >= 0.3 is 0 Å². The van der Waals surface area contributed by atoms with Gasteiger partial charge in [-0.05, 0) is 43.6 Å². The minimum atomic E-state index is -0.328. The summed E-state index contributed by atoms with van der Waals surface area (Å²) in [5, 5.41) is 9.84. The molecule has 0 amide bonds. The van der Waals surface area contributed by atoms with E-state index in [0.29, 0.717) is 6.04 Å². The lowest BCUT2D eigenvalue weighted by Crippen LogP contribution is -2.37. The van der Waals surface area contributed by atoms with Crippen LogP contribution < -0.4 is 4.90 Å². The second-order valence-corrected chi connectivity index (χ2v) is 5.63. The van der Waals surface area contributed by atoms with Crippen LogP contribution in [0.15, 0.2) is 24.3 Å². The molecule has 1 aromatic rings. The molecule has 2 rings (SSSR count). The standard InChI is InChI=1S/C17H28N2O/c1-4-17(20)14-7-9-15(10-8-14)19-12-11-16(13-19)18(5-2)6-3/h7-10,16-17,20H,4-6,11-13H2,1-3H3. The molecule has 1 aliphatic heterocycles. The number of likely N-dealkylation sites (N-methyl/N-ethyl adjacent to an activating group) is 1. The maximum absolute atomic E-state index is 9.84. The second kappa shape index (κ2) is 7.09. The highest BCUT2D eigenvalue weighted by molar-refractivity contribution is 5.49. The molecule has 1 aromatic carbocycles. The molecular weight excluding hydrogens is 248 g/mol. The topological polar surface area (TPSA) is 26.7 Å². The van der Waals surface area contributed by atoms with Crippen LogP contribution in [-0.2, 0) is 0 Å². The third kappa shape index (κ3) is 3.33. The Balaban J connectivity index is 1.99. The lowest BCUT2D eigenvalue weighted by atomic mass is 10.1. The zero-order valence-corrected chi connectivity index (χ0v) is 13.0. The largest absolute Gasteiger partial charge is 0.388 e. The van der Waals surface area contributed by atoms with Crippen molar-refractivity contribution < 1.29 is 5.11 Å². The van der Waals surface area contributed by atoms with Crippen molar-refractivity contribution in [2.45, 2.75) is 45.8 Å². The van der Waals surface area contributed by atoms with Gasteiger partial charge in [-0.2, -0.15) is 0 Å². The molecule has 0 spiro atoms. The summed E-state index contributed by atoms with van der Waals surface area (Å²) in [4.78, 5) is 5.01. The van der Waals surface area contributed by atoms with Crippen LogP contribution in [0.25, 0.3) is 0 Å². The fourth-order valence-corrected chi connectivity index (χ4v) is 3.16. The summed E-state index contributed by atoms with van der Waals surface area (Å²) in [5.41, 5.74) is 2.31. The molecule has 1 heterocycles. The van der Waals surface area contributed by atoms with Crippen LogP contribution in [0.3, 0.4) is 0 Å². The summed E-state index contributed by atoms with van der Waals surface area (Å²) >= 11 is 0. The normalized spacial score (nSPS) is 20.6. The Labute approximate surface area is 123 Å². The number of aliphatic hydroxyl groups excluding tert-OH is 1. The van der Waals surface area contributed by atoms with Gasteiger partial charge in [-0.1, -0.05) is 32.9 Å². The van der Waals surface area contributed by atoms with Crippen molar-refractivity contribution in [3.05, 3.63) is 29.8 Å². The molecule has 20 heavy (non-hydrogen) atoms. The monoisotopic (exact) mass is 276 g/mol. The Kier molecular flexibility index (Phi) is 5.44. The van der Waals surface area contributed by atoms with E-state index in [1.54, 1.807) is 0 Å². The molecule has 1 fully saturated rings. The van der Waals surface area contributed by atoms with Gasteiger partial charge in [-0.15, -0.1) is 0 Å². The van der Waals surface area contributed by atoms with E-state index in [0.717, 1.165) is 38.2 Å². The molecule has 0 saturated carbocycles. The molecule has 2 unspecified atom stereocenters. The maximum atomic E-state index is 9.84. The lowest BCUT2D eigenvalue weighted by molar-refractivity contribution is 0.173. The molecule has 0 aromatic heterocycles. The Morgan fingerprint density at radius 1 is 1.20 bits per heavy atom. The first-order valence-electron chi connectivity index (χ1n) is 7.96. The number of hydrogen-bond donors (Lipinski definition) is 1. The summed E-state index contributed by atoms with van der Waals surface area (Å²) in [6.07, 6.45) is 1.69. The van der Waals surface area contributed by atoms with Crippen molar-refractivity contribution in [2.75, 3.05) is 31.1 Å². The third-order valence-corrected chi connectivity index (χ3v) is 4.52. The van der Waals surface area contributed by atoms with E-state index in [9.17, 15) is 5.11 Å². The van der Waals surface area contributed by atoms with Crippen molar-refractivity contribution in [3.63, 3.8) is 0 Å². The highest BCUT2D eigenvalue weighted by Gasteiger charge is 2.26. The first-order chi connectivity index (χ1) is 9.69. The first-order valence-corrected chi connectivity index (χ1v) is 7.96. The van der Waals surface area contributed by atoms with E-state index in [2.05, 4.69) is 47.9 Å². The van der Waals surface area contributed by atoms with Gasteiger partial charge in [0.1, 0.15) is 0 Å². The SMILES string of the molecule is CCC(O)c1ccc(N2CCC(N(CC)CC)C2)cc1. The van der Waals surface area contributed by atoms with Crippen LogP contribution in [0.5, 0.6) is 0 Å². The zero-order valence-electron chi connectivity index (χ0n) is 13.0. The Hall–Kier alpha value is -1.06. The minimum Gasteiger partial charge on any atom is -0.388 e. The average Bonchev–Trinajstić information content (AvgIpc) is 2.97. The van der Waals surface area contributed by atoms with Crippen molar-refractivity contribution in [3.8, 4) is 0 Å². The molecule has 0 aliphatic carbocycles. The number of rotatable bonds is 6. The van der Waals surface area contributed by atoms with Crippen molar-refractivity contribution >= 4 is 5.69 Å². The van der Waals surface area contributed by atoms with Crippen LogP contribution in [-0.4, -0.2) is 42.2 Å². The molecule has 2 atom stereocenters. The quantitative estimate of drug-likeness (QED) is 0.865. The van der Waals surface area contributed by atoms with Gasteiger partial charge in [-0.25, -0.2) is 0 Å². The fraction of sp³-hybridized carbons (Fsp3) is 0.647. The Morgan fingerprint density at radius 3 is 2.40 bits per heavy atom. The molecule has 3 heteroatoms. The predicted molar refractivity (Wildman–Crippen MR) is 85.2 cm³/mol. The van der Waals surface area contributed by atoms with E-state index in [4.69, 9.17) is 0 Å². The highest BCUT2D eigenvalue weighted by Crippen LogP contribution is 2.25. The van der Waals surface area contributed by atoms with Crippen molar-refractivity contribution in [1.82, 2.24) is 4.90 Å². The fourth-order valence-electron chi connectivity index (χ4n) is 3.16. The van der Waals surface area contributed by atoms with Crippen LogP contribution >= 0.6 is 0 Å². The lowest BCUT2D eigenvalue weighted by Gasteiger charge is -2.26. The molecule has 1 saturated heterocycles. The van der Waals surface area contributed by atoms with E-state index >= 15 is 0 Å². The molecule has 3 nitrogen and oxygen atoms in total. The van der Waals surface area contributed by atoms with Gasteiger partial charge in [-0.3, -0.25) is 4.90 Å². The Morgan fingerprint density at radius 2 is 1.85 bits per heavy atom. The van der Waals surface area contributed by atoms with Gasteiger partial charge < -0.3 is 10.0 Å². The number of anilines is 1. The molecule has 112 valence electrons. The summed E-state index contributed by atoms with van der Waals surface area (Å²) in [5.74, 6) is 0. The van der Waals surface area contributed by atoms with E-state index < -0.39 is 0 Å². The summed E-state index contributed by atoms with van der Waals surface area (Å²) < 4.78 is 0. The van der Waals surface area contributed by atoms with Crippen molar-refractivity contribution in [2.24, 2.45) is 0 Å². The molecule has 1 N–H and O–H groups in total. The van der Waals surface area contributed by atoms with E-state index in [1.807, 2.05) is 6.92 Å². The number of benzene rings is 1. The van der Waals surface area contributed by atoms with Gasteiger partial charge in [0.05, 0.1) is 6.10 Å². The number of aliphatic hydroxyl groups is 1. The zero-order chi connectivity index (χ0) is 14.5. The third-order valence-electron chi connectivity index (χ3n) is 4.52. The summed E-state index contributed by atoms with van der Waals surface area (Å²) in [6, 6.07) is 9.12. The van der Waals surface area contributed by atoms with Crippen LogP contribution in [0, 0.1) is 0 Å². The van der Waals surface area contributed by atoms with Crippen LogP contribution in [0.2, 0.25) is 0 Å². The maximum Gasteiger partial charge on any atom is 0.0787 e. The van der Waals surface area contributed by atoms with E-state index in [1.165, 1.54) is 12.1 Å². The molecule has 0 bridgehead atoms. The number of hydrogen-bond acceptors (Lipinski definition) is 3. The minimum absolute atomic E-state index is 0.328. The van der Waals surface area contributed by atoms with Crippen LogP contribution in [0.4, 0.5) is 5.69 Å². The van der Waals surface area contributed by atoms with Gasteiger partial charge in [0.15, 0.2) is 0 Å². The number of nitrogens with zero attached hydrogens (tertiary/aromatic N) is 2. The summed E-state index contributed by atoms with van der Waals surface area (Å²) in [6.45, 7) is 11.0. The first kappa shape index (κ1) is 15.3. The average molecular weight is 276 g/mol. The predicted octanol–water partition coefficient (Wildman–Crippen LogP) is 3.05. The summed E-state index contributed by atoms with van der Waals surface area (Å²) in [7, 11) is 0. The van der Waals surface area contributed by atoms with Gasteiger partial charge in [0.2, 0.25) is 0 Å². The van der Waals surface area contributed by atoms with Crippen LogP contribution in [0.1, 0.15) is 45.3 Å².